The normalized spacial score (nSPS) is 29.0. The molecule has 1 atom stereocenters. The van der Waals surface area contributed by atoms with Crippen molar-refractivity contribution in [2.45, 2.75) is 64.0 Å². The van der Waals surface area contributed by atoms with Gasteiger partial charge in [-0.3, -0.25) is 4.79 Å². The Balaban J connectivity index is 0.00000264. The molecule has 1 amide bonds. The summed E-state index contributed by atoms with van der Waals surface area (Å²) >= 11 is 0. The molecule has 136 valence electrons. The summed E-state index contributed by atoms with van der Waals surface area (Å²) in [6.07, 6.45) is 6.67. The monoisotopic (exact) mass is 367 g/mol. The predicted molar refractivity (Wildman–Crippen MR) is 94.0 cm³/mol. The summed E-state index contributed by atoms with van der Waals surface area (Å²) in [5, 5.41) is 0. The molecule has 2 aliphatic rings. The summed E-state index contributed by atoms with van der Waals surface area (Å²) in [6.45, 7) is 3.22. The van der Waals surface area contributed by atoms with Crippen molar-refractivity contribution in [3.05, 3.63) is 0 Å². The van der Waals surface area contributed by atoms with Gasteiger partial charge in [0.25, 0.3) is 0 Å². The number of nitrogens with two attached hydrogens (primary N) is 1. The quantitative estimate of drug-likeness (QED) is 0.764. The summed E-state index contributed by atoms with van der Waals surface area (Å²) < 4.78 is 27.2. The maximum Gasteiger partial charge on any atom is 0.239 e. The molecule has 2 fully saturated rings. The molecule has 0 radical (unpaired) electrons. The Morgan fingerprint density at radius 3 is 2.43 bits per heavy atom. The Kier molecular flexibility index (Phi) is 8.27. The minimum absolute atomic E-state index is 0. The molecule has 0 aromatic heterocycles. The van der Waals surface area contributed by atoms with E-state index in [0.717, 1.165) is 44.9 Å². The molecular formula is C15H30ClN3O3S. The number of sulfonamides is 1. The lowest BCUT2D eigenvalue weighted by atomic mass is 9.88. The molecule has 1 heterocycles. The third-order valence-electron chi connectivity index (χ3n) is 4.90. The van der Waals surface area contributed by atoms with E-state index in [1.165, 1.54) is 0 Å². The Morgan fingerprint density at radius 1 is 1.17 bits per heavy atom. The van der Waals surface area contributed by atoms with Crippen LogP contribution in [0.25, 0.3) is 0 Å². The summed E-state index contributed by atoms with van der Waals surface area (Å²) in [5.41, 5.74) is 5.70. The summed E-state index contributed by atoms with van der Waals surface area (Å²) in [6, 6.07) is -0.0207. The van der Waals surface area contributed by atoms with Crippen LogP contribution in [-0.4, -0.2) is 50.2 Å². The number of rotatable bonds is 5. The van der Waals surface area contributed by atoms with Crippen molar-refractivity contribution in [2.75, 3.05) is 18.8 Å². The van der Waals surface area contributed by atoms with Crippen molar-refractivity contribution in [1.29, 1.82) is 0 Å². The van der Waals surface area contributed by atoms with Crippen LogP contribution in [0.15, 0.2) is 0 Å². The van der Waals surface area contributed by atoms with Gasteiger partial charge in [0.05, 0.1) is 0 Å². The van der Waals surface area contributed by atoms with Crippen molar-refractivity contribution >= 4 is 28.3 Å². The van der Waals surface area contributed by atoms with E-state index in [0.29, 0.717) is 19.0 Å². The standard InChI is InChI=1S/C15H29N3O3S.ClH/c1-12-5-7-13(8-6-12)17-22(20,21)11-15(19)18-9-3-2-4-14(18)10-16;/h12-14,17H,2-11,16H2,1H3;1H. The Hall–Kier alpha value is -0.370. The molecule has 1 unspecified atom stereocenters. The maximum absolute atomic E-state index is 12.3. The van der Waals surface area contributed by atoms with Gasteiger partial charge in [-0.25, -0.2) is 13.1 Å². The van der Waals surface area contributed by atoms with Gasteiger partial charge in [0.2, 0.25) is 15.9 Å². The molecule has 0 bridgehead atoms. The van der Waals surface area contributed by atoms with Gasteiger partial charge in [-0.1, -0.05) is 6.92 Å². The number of carbonyl (C=O) groups excluding carboxylic acids is 1. The second-order valence-electron chi connectivity index (χ2n) is 6.81. The molecule has 1 saturated heterocycles. The number of hydrogen-bond acceptors (Lipinski definition) is 4. The number of amides is 1. The molecule has 3 N–H and O–H groups in total. The van der Waals surface area contributed by atoms with E-state index >= 15 is 0 Å². The number of nitrogens with one attached hydrogen (secondary N) is 1. The molecule has 0 aromatic rings. The molecule has 8 heteroatoms. The van der Waals surface area contributed by atoms with Crippen molar-refractivity contribution in [2.24, 2.45) is 11.7 Å². The van der Waals surface area contributed by atoms with E-state index in [9.17, 15) is 13.2 Å². The highest BCUT2D eigenvalue weighted by Gasteiger charge is 2.30. The van der Waals surface area contributed by atoms with Crippen LogP contribution in [0.5, 0.6) is 0 Å². The van der Waals surface area contributed by atoms with Crippen LogP contribution in [-0.2, 0) is 14.8 Å². The zero-order valence-electron chi connectivity index (χ0n) is 13.9. The van der Waals surface area contributed by atoms with Gasteiger partial charge < -0.3 is 10.6 Å². The highest BCUT2D eigenvalue weighted by atomic mass is 35.5. The van der Waals surface area contributed by atoms with Gasteiger partial charge in [-0.15, -0.1) is 12.4 Å². The van der Waals surface area contributed by atoms with Crippen molar-refractivity contribution < 1.29 is 13.2 Å². The summed E-state index contributed by atoms with van der Waals surface area (Å²) in [7, 11) is -3.56. The van der Waals surface area contributed by atoms with E-state index < -0.39 is 15.8 Å². The van der Waals surface area contributed by atoms with Crippen LogP contribution in [0.2, 0.25) is 0 Å². The lowest BCUT2D eigenvalue weighted by Gasteiger charge is -2.35. The number of hydrogen-bond donors (Lipinski definition) is 2. The highest BCUT2D eigenvalue weighted by Crippen LogP contribution is 2.24. The van der Waals surface area contributed by atoms with Gasteiger partial charge in [-0.2, -0.15) is 0 Å². The average molecular weight is 368 g/mol. The number of halogens is 1. The topological polar surface area (TPSA) is 92.5 Å². The lowest BCUT2D eigenvalue weighted by Crippen LogP contribution is -2.51. The minimum atomic E-state index is -3.56. The number of likely N-dealkylation sites (tertiary alicyclic amines) is 1. The fourth-order valence-electron chi connectivity index (χ4n) is 3.49. The Bertz CT molecular complexity index is 478. The highest BCUT2D eigenvalue weighted by molar-refractivity contribution is 7.90. The first-order valence-electron chi connectivity index (χ1n) is 8.41. The van der Waals surface area contributed by atoms with Crippen LogP contribution in [0.4, 0.5) is 0 Å². The molecule has 1 aliphatic heterocycles. The summed E-state index contributed by atoms with van der Waals surface area (Å²) in [5.74, 6) is -0.0943. The first kappa shape index (κ1) is 20.7. The van der Waals surface area contributed by atoms with Gasteiger partial charge in [0.1, 0.15) is 5.75 Å². The first-order chi connectivity index (χ1) is 10.4. The van der Waals surface area contributed by atoms with Crippen molar-refractivity contribution in [1.82, 2.24) is 9.62 Å². The molecule has 6 nitrogen and oxygen atoms in total. The van der Waals surface area contributed by atoms with E-state index in [-0.39, 0.29) is 30.4 Å². The molecule has 2 rings (SSSR count). The molecule has 23 heavy (non-hydrogen) atoms. The third-order valence-corrected chi connectivity index (χ3v) is 6.21. The fraction of sp³-hybridized carbons (Fsp3) is 0.933. The second kappa shape index (κ2) is 9.20. The number of piperidine rings is 1. The average Bonchev–Trinajstić information content (AvgIpc) is 2.48. The summed E-state index contributed by atoms with van der Waals surface area (Å²) in [4.78, 5) is 14.0. The SMILES string of the molecule is CC1CCC(NS(=O)(=O)CC(=O)N2CCCCC2CN)CC1.Cl. The van der Waals surface area contributed by atoms with E-state index in [1.54, 1.807) is 4.90 Å². The zero-order valence-corrected chi connectivity index (χ0v) is 15.5. The van der Waals surface area contributed by atoms with Crippen LogP contribution >= 0.6 is 12.4 Å². The van der Waals surface area contributed by atoms with Crippen molar-refractivity contribution in [3.8, 4) is 0 Å². The Morgan fingerprint density at radius 2 is 1.83 bits per heavy atom. The molecular weight excluding hydrogens is 338 g/mol. The van der Waals surface area contributed by atoms with Crippen molar-refractivity contribution in [3.63, 3.8) is 0 Å². The minimum Gasteiger partial charge on any atom is -0.338 e. The van der Waals surface area contributed by atoms with Gasteiger partial charge in [0.15, 0.2) is 0 Å². The second-order valence-corrected chi connectivity index (χ2v) is 8.56. The van der Waals surface area contributed by atoms with E-state index in [4.69, 9.17) is 5.73 Å². The number of nitrogens with zero attached hydrogens (tertiary/aromatic N) is 1. The van der Waals surface area contributed by atoms with Crippen LogP contribution in [0.3, 0.4) is 0 Å². The predicted octanol–water partition coefficient (Wildman–Crippen LogP) is 1.25. The van der Waals surface area contributed by atoms with Crippen LogP contribution < -0.4 is 10.5 Å². The van der Waals surface area contributed by atoms with Gasteiger partial charge in [0, 0.05) is 25.2 Å². The molecule has 1 aliphatic carbocycles. The molecule has 1 saturated carbocycles. The largest absolute Gasteiger partial charge is 0.338 e. The van der Waals surface area contributed by atoms with E-state index in [1.807, 2.05) is 0 Å². The molecule has 0 aromatic carbocycles. The lowest BCUT2D eigenvalue weighted by molar-refractivity contribution is -0.131. The Labute approximate surface area is 146 Å². The smallest absolute Gasteiger partial charge is 0.239 e. The third kappa shape index (κ3) is 6.21. The van der Waals surface area contributed by atoms with Gasteiger partial charge in [-0.05, 0) is 50.9 Å². The number of carbonyl (C=O) groups is 1. The molecule has 0 spiro atoms. The van der Waals surface area contributed by atoms with Crippen LogP contribution in [0, 0.1) is 5.92 Å². The fourth-order valence-corrected chi connectivity index (χ4v) is 4.81. The zero-order chi connectivity index (χ0) is 16.2. The van der Waals surface area contributed by atoms with Crippen LogP contribution in [0.1, 0.15) is 51.9 Å². The first-order valence-corrected chi connectivity index (χ1v) is 10.1. The maximum atomic E-state index is 12.3. The van der Waals surface area contributed by atoms with E-state index in [2.05, 4.69) is 11.6 Å². The van der Waals surface area contributed by atoms with Gasteiger partial charge >= 0.3 is 0 Å².